The first-order valence-electron chi connectivity index (χ1n) is 7.00. The fourth-order valence-corrected chi connectivity index (χ4v) is 2.49. The SMILES string of the molecule is Cc1cc(OCNC(=O)N2CCCCC2)cc(C)c1Cl. The van der Waals surface area contributed by atoms with E-state index in [0.717, 1.165) is 47.8 Å². The first kappa shape index (κ1) is 15.0. The molecular weight excluding hydrogens is 276 g/mol. The zero-order valence-electron chi connectivity index (χ0n) is 12.0. The van der Waals surface area contributed by atoms with E-state index < -0.39 is 0 Å². The number of hydrogen-bond donors (Lipinski definition) is 1. The topological polar surface area (TPSA) is 41.6 Å². The van der Waals surface area contributed by atoms with Crippen molar-refractivity contribution >= 4 is 17.6 Å². The molecular formula is C15H21ClN2O2. The number of amides is 2. The average molecular weight is 297 g/mol. The van der Waals surface area contributed by atoms with Gasteiger partial charge in [-0.05, 0) is 56.4 Å². The molecule has 1 aliphatic rings. The lowest BCUT2D eigenvalue weighted by molar-refractivity contribution is 0.174. The van der Waals surface area contributed by atoms with Crippen molar-refractivity contribution in [3.8, 4) is 5.75 Å². The van der Waals surface area contributed by atoms with E-state index in [1.54, 1.807) is 0 Å². The van der Waals surface area contributed by atoms with Gasteiger partial charge in [-0.15, -0.1) is 0 Å². The summed E-state index contributed by atoms with van der Waals surface area (Å²) >= 11 is 6.10. The summed E-state index contributed by atoms with van der Waals surface area (Å²) in [7, 11) is 0. The van der Waals surface area contributed by atoms with Crippen molar-refractivity contribution in [2.75, 3.05) is 19.8 Å². The van der Waals surface area contributed by atoms with Gasteiger partial charge in [0.15, 0.2) is 6.73 Å². The fourth-order valence-electron chi connectivity index (χ4n) is 2.38. The molecule has 0 bridgehead atoms. The molecule has 1 fully saturated rings. The predicted molar refractivity (Wildman–Crippen MR) is 80.4 cm³/mol. The smallest absolute Gasteiger partial charge is 0.320 e. The van der Waals surface area contributed by atoms with E-state index >= 15 is 0 Å². The van der Waals surface area contributed by atoms with Gasteiger partial charge in [0.1, 0.15) is 5.75 Å². The summed E-state index contributed by atoms with van der Waals surface area (Å²) in [5.41, 5.74) is 1.95. The Morgan fingerprint density at radius 2 is 1.85 bits per heavy atom. The van der Waals surface area contributed by atoms with E-state index in [0.29, 0.717) is 0 Å². The van der Waals surface area contributed by atoms with Crippen molar-refractivity contribution in [1.82, 2.24) is 10.2 Å². The third-order valence-electron chi connectivity index (χ3n) is 3.52. The summed E-state index contributed by atoms with van der Waals surface area (Å²) < 4.78 is 5.57. The lowest BCUT2D eigenvalue weighted by atomic mass is 10.1. The Kier molecular flexibility index (Phi) is 5.12. The Labute approximate surface area is 125 Å². The van der Waals surface area contributed by atoms with Crippen LogP contribution in [0.4, 0.5) is 4.79 Å². The number of nitrogens with one attached hydrogen (secondary N) is 1. The van der Waals surface area contributed by atoms with Crippen molar-refractivity contribution in [2.24, 2.45) is 0 Å². The molecule has 0 unspecified atom stereocenters. The molecule has 2 amide bonds. The number of rotatable bonds is 3. The first-order valence-corrected chi connectivity index (χ1v) is 7.38. The zero-order valence-corrected chi connectivity index (χ0v) is 12.8. The molecule has 4 nitrogen and oxygen atoms in total. The van der Waals surface area contributed by atoms with Crippen molar-refractivity contribution in [2.45, 2.75) is 33.1 Å². The van der Waals surface area contributed by atoms with Crippen LogP contribution in [0.5, 0.6) is 5.75 Å². The second-order valence-corrected chi connectivity index (χ2v) is 5.57. The lowest BCUT2D eigenvalue weighted by Crippen LogP contribution is -2.43. The molecule has 0 aromatic heterocycles. The van der Waals surface area contributed by atoms with Crippen LogP contribution in [0.2, 0.25) is 5.02 Å². The molecule has 1 aromatic carbocycles. The number of hydrogen-bond acceptors (Lipinski definition) is 2. The normalized spacial score (nSPS) is 15.1. The lowest BCUT2D eigenvalue weighted by Gasteiger charge is -2.26. The van der Waals surface area contributed by atoms with Crippen molar-refractivity contribution in [3.05, 3.63) is 28.3 Å². The van der Waals surface area contributed by atoms with Gasteiger partial charge in [-0.3, -0.25) is 0 Å². The maximum atomic E-state index is 11.9. The van der Waals surface area contributed by atoms with Crippen LogP contribution in [0.15, 0.2) is 12.1 Å². The number of halogens is 1. The van der Waals surface area contributed by atoms with Gasteiger partial charge in [0, 0.05) is 18.1 Å². The number of benzene rings is 1. The van der Waals surface area contributed by atoms with Crippen LogP contribution >= 0.6 is 11.6 Å². The van der Waals surface area contributed by atoms with Crippen LogP contribution in [-0.4, -0.2) is 30.8 Å². The van der Waals surface area contributed by atoms with Crippen LogP contribution < -0.4 is 10.1 Å². The highest BCUT2D eigenvalue weighted by Gasteiger charge is 2.15. The van der Waals surface area contributed by atoms with E-state index in [-0.39, 0.29) is 12.8 Å². The number of piperidine rings is 1. The van der Waals surface area contributed by atoms with Gasteiger partial charge in [0.2, 0.25) is 0 Å². The molecule has 0 radical (unpaired) electrons. The number of aryl methyl sites for hydroxylation is 2. The highest BCUT2D eigenvalue weighted by molar-refractivity contribution is 6.32. The Bertz CT molecular complexity index is 462. The van der Waals surface area contributed by atoms with Gasteiger partial charge in [0.25, 0.3) is 0 Å². The summed E-state index contributed by atoms with van der Waals surface area (Å²) in [4.78, 5) is 13.7. The molecule has 110 valence electrons. The average Bonchev–Trinajstić information content (AvgIpc) is 2.45. The highest BCUT2D eigenvalue weighted by Crippen LogP contribution is 2.25. The number of carbonyl (C=O) groups is 1. The van der Waals surface area contributed by atoms with Crippen LogP contribution in [0.25, 0.3) is 0 Å². The maximum Gasteiger partial charge on any atom is 0.320 e. The molecule has 20 heavy (non-hydrogen) atoms. The Hall–Kier alpha value is -1.42. The van der Waals surface area contributed by atoms with Gasteiger partial charge >= 0.3 is 6.03 Å². The summed E-state index contributed by atoms with van der Waals surface area (Å²) in [6, 6.07) is 3.71. The van der Waals surface area contributed by atoms with Crippen molar-refractivity contribution in [1.29, 1.82) is 0 Å². The molecule has 1 aromatic rings. The van der Waals surface area contributed by atoms with Crippen LogP contribution in [-0.2, 0) is 0 Å². The second-order valence-electron chi connectivity index (χ2n) is 5.19. The van der Waals surface area contributed by atoms with Crippen LogP contribution in [0, 0.1) is 13.8 Å². The number of urea groups is 1. The fraction of sp³-hybridized carbons (Fsp3) is 0.533. The molecule has 1 heterocycles. The monoisotopic (exact) mass is 296 g/mol. The van der Waals surface area contributed by atoms with Crippen molar-refractivity contribution < 1.29 is 9.53 Å². The molecule has 5 heteroatoms. The van der Waals surface area contributed by atoms with Gasteiger partial charge in [-0.1, -0.05) is 11.6 Å². The first-order chi connectivity index (χ1) is 9.58. The Morgan fingerprint density at radius 1 is 1.25 bits per heavy atom. The maximum absolute atomic E-state index is 11.9. The van der Waals surface area contributed by atoms with Crippen LogP contribution in [0.3, 0.4) is 0 Å². The minimum absolute atomic E-state index is 0.0490. The molecule has 2 rings (SSSR count). The van der Waals surface area contributed by atoms with E-state index in [1.165, 1.54) is 6.42 Å². The second kappa shape index (κ2) is 6.84. The molecule has 1 saturated heterocycles. The standard InChI is InChI=1S/C15H21ClN2O2/c1-11-8-13(9-12(2)14(11)16)20-10-17-15(19)18-6-4-3-5-7-18/h8-9H,3-7,10H2,1-2H3,(H,17,19). The number of carbonyl (C=O) groups excluding carboxylic acids is 1. The molecule has 1 aliphatic heterocycles. The molecule has 1 N–H and O–H groups in total. The number of ether oxygens (including phenoxy) is 1. The quantitative estimate of drug-likeness (QED) is 0.868. The Balaban J connectivity index is 1.82. The summed E-state index contributed by atoms with van der Waals surface area (Å²) in [6.07, 6.45) is 3.39. The minimum atomic E-state index is -0.0490. The third-order valence-corrected chi connectivity index (χ3v) is 4.11. The van der Waals surface area contributed by atoms with Gasteiger partial charge in [-0.25, -0.2) is 4.79 Å². The molecule has 0 aliphatic carbocycles. The summed E-state index contributed by atoms with van der Waals surface area (Å²) in [6.45, 7) is 5.73. The zero-order chi connectivity index (χ0) is 14.5. The molecule has 0 saturated carbocycles. The summed E-state index contributed by atoms with van der Waals surface area (Å²) in [5.74, 6) is 0.725. The van der Waals surface area contributed by atoms with Crippen molar-refractivity contribution in [3.63, 3.8) is 0 Å². The van der Waals surface area contributed by atoms with Gasteiger partial charge in [0.05, 0.1) is 0 Å². The third kappa shape index (κ3) is 3.79. The highest BCUT2D eigenvalue weighted by atomic mass is 35.5. The van der Waals surface area contributed by atoms with E-state index in [2.05, 4.69) is 5.32 Å². The molecule has 0 atom stereocenters. The molecule has 0 spiro atoms. The largest absolute Gasteiger partial charge is 0.473 e. The number of likely N-dealkylation sites (tertiary alicyclic amines) is 1. The van der Waals surface area contributed by atoms with E-state index in [4.69, 9.17) is 16.3 Å². The minimum Gasteiger partial charge on any atom is -0.473 e. The van der Waals surface area contributed by atoms with Gasteiger partial charge in [-0.2, -0.15) is 0 Å². The van der Waals surface area contributed by atoms with Gasteiger partial charge < -0.3 is 15.0 Å². The number of nitrogens with zero attached hydrogens (tertiary/aromatic N) is 1. The summed E-state index contributed by atoms with van der Waals surface area (Å²) in [5, 5.41) is 3.55. The van der Waals surface area contributed by atoms with Crippen LogP contribution in [0.1, 0.15) is 30.4 Å². The van der Waals surface area contributed by atoms with E-state index in [9.17, 15) is 4.79 Å². The van der Waals surface area contributed by atoms with E-state index in [1.807, 2.05) is 30.9 Å². The predicted octanol–water partition coefficient (Wildman–Crippen LogP) is 3.49. The Morgan fingerprint density at radius 3 is 2.45 bits per heavy atom.